The van der Waals surface area contributed by atoms with Gasteiger partial charge >= 0.3 is 0 Å². The zero-order valence-corrected chi connectivity index (χ0v) is 9.89. The standard InChI is InChI=1S/C12H25N3/c1-10(13)15-12(9-14-2)8-11-6-4-3-5-7-11/h11-12,14-15H,1,3-9,13H2,2H3/t12-/m0/s1. The summed E-state index contributed by atoms with van der Waals surface area (Å²) in [5.74, 6) is 1.47. The number of hydrogen-bond acceptors (Lipinski definition) is 3. The lowest BCUT2D eigenvalue weighted by atomic mass is 9.85. The van der Waals surface area contributed by atoms with Crippen molar-refractivity contribution in [2.45, 2.75) is 44.6 Å². The Morgan fingerprint density at radius 1 is 1.40 bits per heavy atom. The third kappa shape index (κ3) is 5.07. The first-order chi connectivity index (χ1) is 7.22. The molecule has 0 amide bonds. The largest absolute Gasteiger partial charge is 0.386 e. The fourth-order valence-corrected chi connectivity index (χ4v) is 2.53. The van der Waals surface area contributed by atoms with E-state index in [1.807, 2.05) is 7.05 Å². The average molecular weight is 211 g/mol. The minimum Gasteiger partial charge on any atom is -0.386 e. The highest BCUT2D eigenvalue weighted by Gasteiger charge is 2.18. The van der Waals surface area contributed by atoms with Crippen LogP contribution < -0.4 is 16.4 Å². The van der Waals surface area contributed by atoms with Crippen molar-refractivity contribution >= 4 is 0 Å². The summed E-state index contributed by atoms with van der Waals surface area (Å²) in [6.45, 7) is 4.67. The van der Waals surface area contributed by atoms with E-state index >= 15 is 0 Å². The molecule has 0 bridgehead atoms. The Morgan fingerprint density at radius 3 is 2.60 bits per heavy atom. The van der Waals surface area contributed by atoms with E-state index in [0.29, 0.717) is 11.9 Å². The van der Waals surface area contributed by atoms with E-state index in [4.69, 9.17) is 5.73 Å². The van der Waals surface area contributed by atoms with Crippen molar-refractivity contribution in [2.24, 2.45) is 11.7 Å². The molecule has 3 nitrogen and oxygen atoms in total. The summed E-state index contributed by atoms with van der Waals surface area (Å²) in [5.41, 5.74) is 5.60. The molecule has 0 heterocycles. The molecule has 1 aliphatic rings. The van der Waals surface area contributed by atoms with Gasteiger partial charge in [0.15, 0.2) is 0 Å². The Kier molecular flexibility index (Phi) is 5.54. The normalized spacial score (nSPS) is 19.8. The first kappa shape index (κ1) is 12.4. The molecule has 1 fully saturated rings. The number of rotatable bonds is 6. The molecule has 0 aromatic rings. The van der Waals surface area contributed by atoms with Gasteiger partial charge in [-0.2, -0.15) is 0 Å². The third-order valence-corrected chi connectivity index (χ3v) is 3.18. The Balaban J connectivity index is 2.31. The van der Waals surface area contributed by atoms with Gasteiger partial charge in [0.25, 0.3) is 0 Å². The fraction of sp³-hybridized carbons (Fsp3) is 0.833. The Morgan fingerprint density at radius 2 is 2.07 bits per heavy atom. The van der Waals surface area contributed by atoms with Gasteiger partial charge in [0.1, 0.15) is 0 Å². The zero-order valence-electron chi connectivity index (χ0n) is 9.89. The summed E-state index contributed by atoms with van der Waals surface area (Å²) < 4.78 is 0. The molecule has 1 aliphatic carbocycles. The maximum atomic E-state index is 5.60. The molecule has 0 saturated heterocycles. The lowest BCUT2D eigenvalue weighted by molar-refractivity contribution is 0.302. The summed E-state index contributed by atoms with van der Waals surface area (Å²) in [6, 6.07) is 0.440. The van der Waals surface area contributed by atoms with Gasteiger partial charge < -0.3 is 16.4 Å². The van der Waals surface area contributed by atoms with Crippen LogP contribution in [0.5, 0.6) is 0 Å². The zero-order chi connectivity index (χ0) is 11.1. The third-order valence-electron chi connectivity index (χ3n) is 3.18. The second kappa shape index (κ2) is 6.72. The molecular weight excluding hydrogens is 186 g/mol. The lowest BCUT2D eigenvalue weighted by Crippen LogP contribution is -2.40. The highest BCUT2D eigenvalue weighted by molar-refractivity contribution is 4.88. The van der Waals surface area contributed by atoms with Crippen molar-refractivity contribution in [1.82, 2.24) is 10.6 Å². The molecule has 3 heteroatoms. The van der Waals surface area contributed by atoms with Gasteiger partial charge in [-0.25, -0.2) is 0 Å². The van der Waals surface area contributed by atoms with Crippen LogP contribution in [0.15, 0.2) is 12.4 Å². The smallest absolute Gasteiger partial charge is 0.0888 e. The Labute approximate surface area is 93.5 Å². The van der Waals surface area contributed by atoms with E-state index in [9.17, 15) is 0 Å². The minimum atomic E-state index is 0.440. The van der Waals surface area contributed by atoms with Crippen LogP contribution in [0.25, 0.3) is 0 Å². The predicted octanol–water partition coefficient (Wildman–Crippen LogP) is 1.56. The highest BCUT2D eigenvalue weighted by atomic mass is 15.0. The van der Waals surface area contributed by atoms with Crippen molar-refractivity contribution < 1.29 is 0 Å². The monoisotopic (exact) mass is 211 g/mol. The van der Waals surface area contributed by atoms with Gasteiger partial charge in [-0.1, -0.05) is 38.7 Å². The summed E-state index contributed by atoms with van der Waals surface area (Å²) in [7, 11) is 1.98. The molecule has 0 aromatic heterocycles. The van der Waals surface area contributed by atoms with Crippen LogP contribution in [-0.4, -0.2) is 19.6 Å². The lowest BCUT2D eigenvalue weighted by Gasteiger charge is -2.27. The van der Waals surface area contributed by atoms with Crippen molar-refractivity contribution in [3.63, 3.8) is 0 Å². The van der Waals surface area contributed by atoms with Gasteiger partial charge in [0.05, 0.1) is 5.82 Å². The Hall–Kier alpha value is -0.700. The summed E-state index contributed by atoms with van der Waals surface area (Å²) >= 11 is 0. The first-order valence-electron chi connectivity index (χ1n) is 6.08. The summed E-state index contributed by atoms with van der Waals surface area (Å²) in [5, 5.41) is 6.45. The quantitative estimate of drug-likeness (QED) is 0.625. The van der Waals surface area contributed by atoms with E-state index in [-0.39, 0.29) is 0 Å². The second-order valence-corrected chi connectivity index (χ2v) is 4.66. The van der Waals surface area contributed by atoms with Crippen LogP contribution >= 0.6 is 0 Å². The van der Waals surface area contributed by atoms with Gasteiger partial charge in [-0.15, -0.1) is 0 Å². The first-order valence-corrected chi connectivity index (χ1v) is 6.08. The van der Waals surface area contributed by atoms with Crippen LogP contribution in [0.4, 0.5) is 0 Å². The molecule has 0 aromatic carbocycles. The number of nitrogens with one attached hydrogen (secondary N) is 2. The van der Waals surface area contributed by atoms with Crippen molar-refractivity contribution in [3.05, 3.63) is 12.4 Å². The van der Waals surface area contributed by atoms with E-state index in [2.05, 4.69) is 17.2 Å². The van der Waals surface area contributed by atoms with Crippen LogP contribution in [0.3, 0.4) is 0 Å². The van der Waals surface area contributed by atoms with E-state index in [1.54, 1.807) is 0 Å². The maximum Gasteiger partial charge on any atom is 0.0888 e. The van der Waals surface area contributed by atoms with Gasteiger partial charge in [-0.05, 0) is 19.4 Å². The predicted molar refractivity (Wildman–Crippen MR) is 65.4 cm³/mol. The number of likely N-dealkylation sites (N-methyl/N-ethyl adjacent to an activating group) is 1. The molecule has 0 radical (unpaired) electrons. The van der Waals surface area contributed by atoms with E-state index in [1.165, 1.54) is 38.5 Å². The van der Waals surface area contributed by atoms with Crippen molar-refractivity contribution in [1.29, 1.82) is 0 Å². The van der Waals surface area contributed by atoms with Gasteiger partial charge in [-0.3, -0.25) is 0 Å². The minimum absolute atomic E-state index is 0.440. The topological polar surface area (TPSA) is 50.1 Å². The van der Waals surface area contributed by atoms with Crippen LogP contribution in [-0.2, 0) is 0 Å². The fourth-order valence-electron chi connectivity index (χ4n) is 2.53. The SMILES string of the molecule is C=C(N)N[C@H](CNC)CC1CCCCC1. The second-order valence-electron chi connectivity index (χ2n) is 4.66. The van der Waals surface area contributed by atoms with Crippen molar-refractivity contribution in [3.8, 4) is 0 Å². The van der Waals surface area contributed by atoms with Crippen LogP contribution in [0.1, 0.15) is 38.5 Å². The van der Waals surface area contributed by atoms with Crippen LogP contribution in [0, 0.1) is 5.92 Å². The Bertz CT molecular complexity index is 185. The molecule has 0 spiro atoms. The molecule has 1 rings (SSSR count). The van der Waals surface area contributed by atoms with Gasteiger partial charge in [0.2, 0.25) is 0 Å². The van der Waals surface area contributed by atoms with E-state index in [0.717, 1.165) is 12.5 Å². The molecule has 88 valence electrons. The molecule has 0 aliphatic heterocycles. The number of nitrogens with two attached hydrogens (primary N) is 1. The van der Waals surface area contributed by atoms with Gasteiger partial charge in [0, 0.05) is 12.6 Å². The average Bonchev–Trinajstić information content (AvgIpc) is 2.18. The number of hydrogen-bond donors (Lipinski definition) is 3. The maximum absolute atomic E-state index is 5.60. The molecule has 0 unspecified atom stereocenters. The van der Waals surface area contributed by atoms with Crippen molar-refractivity contribution in [2.75, 3.05) is 13.6 Å². The molecule has 1 saturated carbocycles. The van der Waals surface area contributed by atoms with Crippen LogP contribution in [0.2, 0.25) is 0 Å². The molecule has 15 heavy (non-hydrogen) atoms. The summed E-state index contributed by atoms with van der Waals surface area (Å²) in [4.78, 5) is 0. The highest BCUT2D eigenvalue weighted by Crippen LogP contribution is 2.27. The molecular formula is C12H25N3. The molecule has 1 atom stereocenters. The summed E-state index contributed by atoms with van der Waals surface area (Å²) in [6.07, 6.45) is 8.22. The van der Waals surface area contributed by atoms with E-state index < -0.39 is 0 Å². The molecule has 4 N–H and O–H groups in total.